The third-order valence-corrected chi connectivity index (χ3v) is 3.69. The standard InChI is InChI=1S/C15H29NO3S/c1-2-3-4-5-6-7-8-9-10-11-14(17)16-13(12-20)15(18)19/h13,20H,2-12H2,1H3,(H,16,17)(H,18,19). The molecule has 0 heterocycles. The van der Waals surface area contributed by atoms with Crippen molar-refractivity contribution < 1.29 is 14.7 Å². The minimum absolute atomic E-state index is 0.124. The number of hydrogen-bond donors (Lipinski definition) is 3. The molecule has 0 aromatic heterocycles. The first kappa shape index (κ1) is 19.3. The number of unbranched alkanes of at least 4 members (excludes halogenated alkanes) is 8. The Kier molecular flexibility index (Phi) is 12.8. The lowest BCUT2D eigenvalue weighted by Crippen LogP contribution is -2.42. The second-order valence-corrected chi connectivity index (χ2v) is 5.58. The molecule has 0 radical (unpaired) electrons. The van der Waals surface area contributed by atoms with Crippen LogP contribution in [0.5, 0.6) is 0 Å². The van der Waals surface area contributed by atoms with Crippen LogP contribution in [-0.2, 0) is 9.59 Å². The molecule has 118 valence electrons. The maximum Gasteiger partial charge on any atom is 0.327 e. The summed E-state index contributed by atoms with van der Waals surface area (Å²) in [6, 6.07) is -0.871. The molecule has 0 aromatic carbocycles. The van der Waals surface area contributed by atoms with E-state index in [0.717, 1.165) is 19.3 Å². The summed E-state index contributed by atoms with van der Waals surface area (Å²) in [7, 11) is 0. The summed E-state index contributed by atoms with van der Waals surface area (Å²) in [6.07, 6.45) is 11.2. The van der Waals surface area contributed by atoms with Crippen LogP contribution in [0.3, 0.4) is 0 Å². The van der Waals surface area contributed by atoms with Gasteiger partial charge in [-0.25, -0.2) is 4.79 Å². The lowest BCUT2D eigenvalue weighted by Gasteiger charge is -2.11. The van der Waals surface area contributed by atoms with Crippen molar-refractivity contribution in [2.24, 2.45) is 0 Å². The maximum atomic E-state index is 11.5. The summed E-state index contributed by atoms with van der Waals surface area (Å²) >= 11 is 3.91. The van der Waals surface area contributed by atoms with Gasteiger partial charge < -0.3 is 10.4 Å². The monoisotopic (exact) mass is 303 g/mol. The Morgan fingerprint density at radius 3 is 1.95 bits per heavy atom. The summed E-state index contributed by atoms with van der Waals surface area (Å²) in [4.78, 5) is 22.2. The Morgan fingerprint density at radius 2 is 1.50 bits per heavy atom. The fraction of sp³-hybridized carbons (Fsp3) is 0.867. The first-order valence-corrected chi connectivity index (χ1v) is 8.38. The molecular weight excluding hydrogens is 274 g/mol. The Bertz CT molecular complexity index is 272. The highest BCUT2D eigenvalue weighted by atomic mass is 32.1. The molecule has 0 aliphatic rings. The highest BCUT2D eigenvalue weighted by Gasteiger charge is 2.17. The number of carboxylic acid groups (broad SMARTS) is 1. The first-order valence-electron chi connectivity index (χ1n) is 7.74. The third kappa shape index (κ3) is 11.1. The lowest BCUT2D eigenvalue weighted by atomic mass is 10.1. The second kappa shape index (κ2) is 13.3. The summed E-state index contributed by atoms with van der Waals surface area (Å²) in [5.74, 6) is -1.09. The number of amides is 1. The van der Waals surface area contributed by atoms with E-state index in [4.69, 9.17) is 5.11 Å². The zero-order chi connectivity index (χ0) is 15.2. The molecule has 0 aliphatic heterocycles. The van der Waals surface area contributed by atoms with E-state index in [1.165, 1.54) is 38.5 Å². The Morgan fingerprint density at radius 1 is 1.00 bits per heavy atom. The average molecular weight is 303 g/mol. The largest absolute Gasteiger partial charge is 0.480 e. The molecule has 0 bridgehead atoms. The minimum atomic E-state index is -1.03. The van der Waals surface area contributed by atoms with Gasteiger partial charge in [0.2, 0.25) is 5.91 Å². The van der Waals surface area contributed by atoms with E-state index in [1.807, 2.05) is 0 Å². The minimum Gasteiger partial charge on any atom is -0.480 e. The van der Waals surface area contributed by atoms with Crippen LogP contribution in [0.25, 0.3) is 0 Å². The SMILES string of the molecule is CCCCCCCCCCCC(=O)NC(CS)C(=O)O. The molecule has 0 saturated carbocycles. The zero-order valence-corrected chi connectivity index (χ0v) is 13.5. The normalized spacial score (nSPS) is 12.1. The van der Waals surface area contributed by atoms with Gasteiger partial charge in [-0.1, -0.05) is 58.3 Å². The maximum absolute atomic E-state index is 11.5. The number of carboxylic acids is 1. The summed E-state index contributed by atoms with van der Waals surface area (Å²) in [5, 5.41) is 11.3. The van der Waals surface area contributed by atoms with Crippen LogP contribution in [0.4, 0.5) is 0 Å². The van der Waals surface area contributed by atoms with Crippen molar-refractivity contribution >= 4 is 24.5 Å². The van der Waals surface area contributed by atoms with Crippen LogP contribution in [0, 0.1) is 0 Å². The number of nitrogens with one attached hydrogen (secondary N) is 1. The quantitative estimate of drug-likeness (QED) is 0.361. The van der Waals surface area contributed by atoms with E-state index in [2.05, 4.69) is 24.9 Å². The van der Waals surface area contributed by atoms with Crippen molar-refractivity contribution in [3.05, 3.63) is 0 Å². The topological polar surface area (TPSA) is 66.4 Å². The predicted molar refractivity (Wildman–Crippen MR) is 85.3 cm³/mol. The molecule has 0 spiro atoms. The van der Waals surface area contributed by atoms with Gasteiger partial charge in [0.15, 0.2) is 0 Å². The molecule has 1 atom stereocenters. The molecule has 20 heavy (non-hydrogen) atoms. The highest BCUT2D eigenvalue weighted by molar-refractivity contribution is 7.80. The van der Waals surface area contributed by atoms with Gasteiger partial charge in [-0.05, 0) is 6.42 Å². The average Bonchev–Trinajstić information content (AvgIpc) is 2.42. The van der Waals surface area contributed by atoms with Gasteiger partial charge in [0.25, 0.3) is 0 Å². The Labute approximate surface area is 128 Å². The molecule has 0 aliphatic carbocycles. The zero-order valence-electron chi connectivity index (χ0n) is 12.6. The molecule has 0 saturated heterocycles. The Hall–Kier alpha value is -0.710. The molecule has 0 fully saturated rings. The van der Waals surface area contributed by atoms with Crippen LogP contribution in [-0.4, -0.2) is 28.8 Å². The molecule has 2 N–H and O–H groups in total. The van der Waals surface area contributed by atoms with Crippen LogP contribution < -0.4 is 5.32 Å². The van der Waals surface area contributed by atoms with Crippen LogP contribution >= 0.6 is 12.6 Å². The van der Waals surface area contributed by atoms with Crippen molar-refractivity contribution in [3.63, 3.8) is 0 Å². The fourth-order valence-corrected chi connectivity index (χ4v) is 2.30. The van der Waals surface area contributed by atoms with Crippen molar-refractivity contribution in [2.45, 2.75) is 77.2 Å². The second-order valence-electron chi connectivity index (χ2n) is 5.22. The van der Waals surface area contributed by atoms with E-state index in [9.17, 15) is 9.59 Å². The third-order valence-electron chi connectivity index (χ3n) is 3.32. The van der Waals surface area contributed by atoms with E-state index >= 15 is 0 Å². The number of aliphatic carboxylic acids is 1. The first-order chi connectivity index (χ1) is 9.61. The van der Waals surface area contributed by atoms with Gasteiger partial charge in [0.1, 0.15) is 6.04 Å². The molecule has 1 amide bonds. The summed E-state index contributed by atoms with van der Waals surface area (Å²) in [5.41, 5.74) is 0. The van der Waals surface area contributed by atoms with E-state index < -0.39 is 12.0 Å². The molecule has 4 nitrogen and oxygen atoms in total. The van der Waals surface area contributed by atoms with Crippen LogP contribution in [0.15, 0.2) is 0 Å². The number of hydrogen-bond acceptors (Lipinski definition) is 3. The van der Waals surface area contributed by atoms with Gasteiger partial charge in [-0.3, -0.25) is 4.79 Å². The van der Waals surface area contributed by atoms with Crippen molar-refractivity contribution in [1.29, 1.82) is 0 Å². The molecule has 5 heteroatoms. The van der Waals surface area contributed by atoms with Gasteiger partial charge in [0, 0.05) is 12.2 Å². The molecule has 0 aromatic rings. The number of thiol groups is 1. The summed E-state index contributed by atoms with van der Waals surface area (Å²) in [6.45, 7) is 2.22. The van der Waals surface area contributed by atoms with Gasteiger partial charge in [-0.2, -0.15) is 12.6 Å². The Balaban J connectivity index is 3.41. The number of carbonyl (C=O) groups excluding carboxylic acids is 1. The lowest BCUT2D eigenvalue weighted by molar-refractivity contribution is -0.141. The van der Waals surface area contributed by atoms with E-state index in [1.54, 1.807) is 0 Å². The van der Waals surface area contributed by atoms with Crippen LogP contribution in [0.1, 0.15) is 71.1 Å². The molecule has 1 unspecified atom stereocenters. The van der Waals surface area contributed by atoms with E-state index in [0.29, 0.717) is 6.42 Å². The smallest absolute Gasteiger partial charge is 0.327 e. The van der Waals surface area contributed by atoms with Gasteiger partial charge >= 0.3 is 5.97 Å². The van der Waals surface area contributed by atoms with Crippen molar-refractivity contribution in [3.8, 4) is 0 Å². The predicted octanol–water partition coefficient (Wildman–Crippen LogP) is 3.41. The fourth-order valence-electron chi connectivity index (χ4n) is 2.05. The number of carbonyl (C=O) groups is 2. The van der Waals surface area contributed by atoms with Crippen molar-refractivity contribution in [1.82, 2.24) is 5.32 Å². The number of rotatable bonds is 13. The van der Waals surface area contributed by atoms with Crippen molar-refractivity contribution in [2.75, 3.05) is 5.75 Å². The van der Waals surface area contributed by atoms with Crippen LogP contribution in [0.2, 0.25) is 0 Å². The van der Waals surface area contributed by atoms with E-state index in [-0.39, 0.29) is 11.7 Å². The molecule has 0 rings (SSSR count). The van der Waals surface area contributed by atoms with Gasteiger partial charge in [-0.15, -0.1) is 0 Å². The highest BCUT2D eigenvalue weighted by Crippen LogP contribution is 2.10. The molecular formula is C15H29NO3S. The summed E-state index contributed by atoms with van der Waals surface area (Å²) < 4.78 is 0. The van der Waals surface area contributed by atoms with Gasteiger partial charge in [0.05, 0.1) is 0 Å².